The molecule has 0 spiro atoms. The first-order valence-electron chi connectivity index (χ1n) is 27.5. The molecule has 0 aliphatic carbocycles. The summed E-state index contributed by atoms with van der Waals surface area (Å²) in [5.74, 6) is 1.01. The molecule has 7 atom stereocenters. The fraction of sp³-hybridized carbons (Fsp3) is 0.705. The Hall–Kier alpha value is -2.43. The van der Waals surface area contributed by atoms with Crippen molar-refractivity contribution in [2.45, 2.75) is 255 Å². The standard InChI is InChI=1S/C61H105O9P/c1-46(2)23-13-24-47(3)25-14-26-48(4)27-15-28-49(5)29-16-30-50(6)31-17-32-51(7)33-18-34-52(8)35-19-36-53(9)37-20-38-54(10)39-21-40-55(11)41-22-42-56(12)43-44-68-71(66,67)70-61-60(65)59(64)58(63)57(45-62)69-61/h25,27,29,31,33,35,37,39,41,46,56-65H,13-24,26,28,30,32,34,36,38,40,42-45H2,1-12H3,(H,66,67)/p-1/b47-25+,48-27+,49-29-,50-31-,51-33-,52-35-,53-37-,54-39-,55-41-/t56?,57-,58-,59+,60-,61-/m1/s1. The van der Waals surface area contributed by atoms with Crippen molar-refractivity contribution in [3.05, 3.63) is 105 Å². The molecule has 9 nitrogen and oxygen atoms in total. The molecule has 1 aliphatic heterocycles. The van der Waals surface area contributed by atoms with Gasteiger partial charge < -0.3 is 34.6 Å². The molecule has 10 heteroatoms. The Labute approximate surface area is 434 Å². The van der Waals surface area contributed by atoms with E-state index in [2.05, 4.69) is 131 Å². The van der Waals surface area contributed by atoms with Crippen LogP contribution >= 0.6 is 7.82 Å². The van der Waals surface area contributed by atoms with Gasteiger partial charge in [-0.1, -0.05) is 132 Å². The lowest BCUT2D eigenvalue weighted by atomic mass is 10.00. The molecule has 1 heterocycles. The number of aliphatic hydroxyl groups excluding tert-OH is 4. The minimum atomic E-state index is -4.88. The fourth-order valence-corrected chi connectivity index (χ4v) is 9.33. The summed E-state index contributed by atoms with van der Waals surface area (Å²) in [6.45, 7) is 26.2. The van der Waals surface area contributed by atoms with Gasteiger partial charge in [-0.05, 0) is 209 Å². The Kier molecular flexibility index (Phi) is 36.6. The summed E-state index contributed by atoms with van der Waals surface area (Å²) in [4.78, 5) is 12.3. The highest BCUT2D eigenvalue weighted by atomic mass is 31.2. The predicted octanol–water partition coefficient (Wildman–Crippen LogP) is 15.7. The number of allylic oxidation sites excluding steroid dienone is 18. The summed E-state index contributed by atoms with van der Waals surface area (Å²) < 4.78 is 27.2. The maximum Gasteiger partial charge on any atom is 0.270 e. The Balaban J connectivity index is 2.23. The average Bonchev–Trinajstić information content (AvgIpc) is 3.29. The van der Waals surface area contributed by atoms with Crippen LogP contribution in [0.2, 0.25) is 0 Å². The van der Waals surface area contributed by atoms with E-state index in [4.69, 9.17) is 13.8 Å². The normalized spacial score (nSPS) is 22.2. The lowest BCUT2D eigenvalue weighted by molar-refractivity contribution is -0.304. The molecule has 0 amide bonds. The molecule has 0 bridgehead atoms. The number of hydrogen-bond donors (Lipinski definition) is 4. The van der Waals surface area contributed by atoms with Crippen molar-refractivity contribution >= 4 is 7.82 Å². The van der Waals surface area contributed by atoms with E-state index in [0.717, 1.165) is 102 Å². The SMILES string of the molecule is C/C(=C/CC/C(C)=C\CC/C(C)=C\CC/C(C)=C\CCC(C)CCOP(=O)([O-])O[C@H]1O[C@H](CO)[C@@H](O)[C@H](O)[C@H]1O)CC/C=C(/C)CC/C=C(/C)CC/C=C(/C)CC/C=C(\C)CC/C=C(\C)CCCC(C)C. The topological polar surface area (TPSA) is 149 Å². The van der Waals surface area contributed by atoms with E-state index in [0.29, 0.717) is 6.42 Å². The van der Waals surface area contributed by atoms with Crippen molar-refractivity contribution in [3.63, 3.8) is 0 Å². The molecule has 1 saturated heterocycles. The van der Waals surface area contributed by atoms with E-state index < -0.39 is 45.1 Å². The largest absolute Gasteiger partial charge is 0.756 e. The maximum absolute atomic E-state index is 12.3. The summed E-state index contributed by atoms with van der Waals surface area (Å²) in [6.07, 6.45) is 37.4. The third-order valence-corrected chi connectivity index (χ3v) is 14.7. The van der Waals surface area contributed by atoms with Crippen LogP contribution < -0.4 is 4.89 Å². The van der Waals surface area contributed by atoms with Crippen LogP contribution in [-0.2, 0) is 18.3 Å². The van der Waals surface area contributed by atoms with Gasteiger partial charge in [0.15, 0.2) is 6.29 Å². The van der Waals surface area contributed by atoms with E-state index in [1.807, 2.05) is 6.92 Å². The summed E-state index contributed by atoms with van der Waals surface area (Å²) in [7, 11) is -4.88. The van der Waals surface area contributed by atoms with Crippen LogP contribution in [0.4, 0.5) is 0 Å². The van der Waals surface area contributed by atoms with Gasteiger partial charge in [0.2, 0.25) is 0 Å². The van der Waals surface area contributed by atoms with Gasteiger partial charge in [-0.2, -0.15) is 0 Å². The predicted molar refractivity (Wildman–Crippen MR) is 298 cm³/mol. The Morgan fingerprint density at radius 1 is 0.493 bits per heavy atom. The van der Waals surface area contributed by atoms with Gasteiger partial charge >= 0.3 is 0 Å². The Morgan fingerprint density at radius 2 is 0.817 bits per heavy atom. The first-order chi connectivity index (χ1) is 33.6. The lowest BCUT2D eigenvalue weighted by Crippen LogP contribution is -2.59. The molecule has 0 radical (unpaired) electrons. The van der Waals surface area contributed by atoms with Gasteiger partial charge in [-0.3, -0.25) is 9.09 Å². The monoisotopic (exact) mass is 1010 g/mol. The number of ether oxygens (including phenoxy) is 1. The average molecular weight is 1010 g/mol. The first kappa shape index (κ1) is 66.6. The smallest absolute Gasteiger partial charge is 0.270 e. The van der Waals surface area contributed by atoms with Gasteiger partial charge in [0.1, 0.15) is 24.4 Å². The summed E-state index contributed by atoms with van der Waals surface area (Å²) >= 11 is 0. The van der Waals surface area contributed by atoms with Crippen LogP contribution in [0.1, 0.15) is 224 Å². The second kappa shape index (κ2) is 39.0. The van der Waals surface area contributed by atoms with Crippen LogP contribution in [0, 0.1) is 11.8 Å². The van der Waals surface area contributed by atoms with Gasteiger partial charge in [-0.25, -0.2) is 0 Å². The van der Waals surface area contributed by atoms with E-state index >= 15 is 0 Å². The highest BCUT2D eigenvalue weighted by Crippen LogP contribution is 2.43. The zero-order valence-electron chi connectivity index (χ0n) is 47.0. The Morgan fingerprint density at radius 3 is 1.14 bits per heavy atom. The van der Waals surface area contributed by atoms with Gasteiger partial charge in [-0.15, -0.1) is 0 Å². The molecule has 0 aromatic rings. The van der Waals surface area contributed by atoms with E-state index in [1.165, 1.54) is 83.1 Å². The second-order valence-corrected chi connectivity index (χ2v) is 23.0. The zero-order valence-corrected chi connectivity index (χ0v) is 47.9. The number of phosphoric acid groups is 1. The van der Waals surface area contributed by atoms with Crippen molar-refractivity contribution in [3.8, 4) is 0 Å². The van der Waals surface area contributed by atoms with E-state index in [-0.39, 0.29) is 12.5 Å². The zero-order chi connectivity index (χ0) is 53.2. The molecule has 4 N–H and O–H groups in total. The molecular weight excluding hydrogens is 908 g/mol. The molecule has 0 aromatic heterocycles. The molecule has 1 rings (SSSR count). The first-order valence-corrected chi connectivity index (χ1v) is 28.9. The van der Waals surface area contributed by atoms with Crippen molar-refractivity contribution in [2.24, 2.45) is 11.8 Å². The lowest BCUT2D eigenvalue weighted by Gasteiger charge is -2.41. The van der Waals surface area contributed by atoms with Crippen molar-refractivity contribution in [2.75, 3.05) is 13.2 Å². The summed E-state index contributed by atoms with van der Waals surface area (Å²) in [5, 5.41) is 39.1. The van der Waals surface area contributed by atoms with Crippen molar-refractivity contribution in [1.29, 1.82) is 0 Å². The number of phosphoric ester groups is 1. The summed E-state index contributed by atoms with van der Waals surface area (Å²) in [5.41, 5.74) is 13.3. The molecule has 408 valence electrons. The minimum Gasteiger partial charge on any atom is -0.756 e. The molecular formula is C61H104O9P-. The highest BCUT2D eigenvalue weighted by Gasteiger charge is 2.45. The molecule has 1 aliphatic rings. The van der Waals surface area contributed by atoms with Gasteiger partial charge in [0, 0.05) is 0 Å². The fourth-order valence-electron chi connectivity index (χ4n) is 8.51. The van der Waals surface area contributed by atoms with Gasteiger partial charge in [0.25, 0.3) is 7.82 Å². The van der Waals surface area contributed by atoms with Crippen LogP contribution in [-0.4, -0.2) is 64.3 Å². The molecule has 0 aromatic carbocycles. The molecule has 0 saturated carbocycles. The van der Waals surface area contributed by atoms with Crippen LogP contribution in [0.15, 0.2) is 105 Å². The van der Waals surface area contributed by atoms with Crippen LogP contribution in [0.25, 0.3) is 0 Å². The third-order valence-electron chi connectivity index (χ3n) is 13.7. The highest BCUT2D eigenvalue weighted by molar-refractivity contribution is 7.45. The van der Waals surface area contributed by atoms with Crippen LogP contribution in [0.3, 0.4) is 0 Å². The number of hydrogen-bond acceptors (Lipinski definition) is 9. The quantitative estimate of drug-likeness (QED) is 0.0350. The number of rotatable bonds is 38. The second-order valence-electron chi connectivity index (χ2n) is 21.6. The van der Waals surface area contributed by atoms with Crippen molar-refractivity contribution < 1.29 is 43.7 Å². The van der Waals surface area contributed by atoms with E-state index in [1.54, 1.807) is 5.57 Å². The van der Waals surface area contributed by atoms with Gasteiger partial charge in [0.05, 0.1) is 13.2 Å². The summed E-state index contributed by atoms with van der Waals surface area (Å²) in [6, 6.07) is 0. The molecule has 2 unspecified atom stereocenters. The number of aliphatic hydroxyl groups is 4. The minimum absolute atomic E-state index is 0.107. The third kappa shape index (κ3) is 34.6. The van der Waals surface area contributed by atoms with Crippen LogP contribution in [0.5, 0.6) is 0 Å². The molecule has 71 heavy (non-hydrogen) atoms. The Bertz CT molecular complexity index is 1810. The van der Waals surface area contributed by atoms with E-state index in [9.17, 15) is 29.9 Å². The maximum atomic E-state index is 12.3. The van der Waals surface area contributed by atoms with Crippen molar-refractivity contribution in [1.82, 2.24) is 0 Å². The molecule has 1 fully saturated rings.